The van der Waals surface area contributed by atoms with Crippen LogP contribution < -0.4 is 0 Å². The molecule has 0 spiro atoms. The summed E-state index contributed by atoms with van der Waals surface area (Å²) in [6, 6.07) is 0. The van der Waals surface area contributed by atoms with Gasteiger partial charge < -0.3 is 13.9 Å². The maximum Gasteiger partial charge on any atom is 0.336 e. The van der Waals surface area contributed by atoms with Crippen molar-refractivity contribution in [1.29, 1.82) is 0 Å². The highest BCUT2D eigenvalue weighted by molar-refractivity contribution is 7.54. The summed E-state index contributed by atoms with van der Waals surface area (Å²) in [7, 11) is -3.15. The van der Waals surface area contributed by atoms with Crippen LogP contribution >= 0.6 is 7.60 Å². The van der Waals surface area contributed by atoms with Crippen LogP contribution in [-0.4, -0.2) is 37.0 Å². The van der Waals surface area contributed by atoms with E-state index in [-0.39, 0.29) is 11.9 Å². The summed E-state index contributed by atoms with van der Waals surface area (Å²) < 4.78 is 22.5. The number of Topliss-reactive ketones (excluding diaryl/α,β-unsaturated/α-hetero) is 1. The fraction of sp³-hybridized carbons (Fsp3) is 0.800. The molecular formula is C10H18NO5P. The highest BCUT2D eigenvalue weighted by Gasteiger charge is 2.32. The molecule has 1 atom stereocenters. The van der Waals surface area contributed by atoms with E-state index in [2.05, 4.69) is 5.16 Å². The first-order valence-corrected chi connectivity index (χ1v) is 7.33. The van der Waals surface area contributed by atoms with E-state index in [0.29, 0.717) is 25.3 Å². The number of carbonyl (C=O) groups excluding carboxylic acids is 1. The molecule has 0 radical (unpaired) electrons. The van der Waals surface area contributed by atoms with Crippen LogP contribution in [0, 0.1) is 0 Å². The van der Waals surface area contributed by atoms with E-state index in [9.17, 15) is 9.36 Å². The van der Waals surface area contributed by atoms with Crippen LogP contribution in [-0.2, 0) is 23.2 Å². The standard InChI is InChI=1S/C10H18NO5P/c1-4-14-17(13,15-5-2)7-9-6-10(8(3)12)16-11-9/h10H,4-7H2,1-3H3. The van der Waals surface area contributed by atoms with Crippen LogP contribution in [0.1, 0.15) is 27.2 Å². The number of rotatable bonds is 7. The predicted octanol–water partition coefficient (Wildman–Crippen LogP) is 1.99. The lowest BCUT2D eigenvalue weighted by atomic mass is 10.1. The smallest absolute Gasteiger partial charge is 0.336 e. The number of carbonyl (C=O) groups is 1. The monoisotopic (exact) mass is 263 g/mol. The van der Waals surface area contributed by atoms with Crippen molar-refractivity contribution in [3.63, 3.8) is 0 Å². The third-order valence-corrected chi connectivity index (χ3v) is 4.27. The first-order valence-electron chi connectivity index (χ1n) is 5.61. The molecule has 1 rings (SSSR count). The van der Waals surface area contributed by atoms with E-state index in [1.807, 2.05) is 0 Å². The molecule has 1 unspecified atom stereocenters. The minimum atomic E-state index is -3.15. The molecule has 1 aliphatic rings. The molecule has 0 aliphatic carbocycles. The molecule has 1 aliphatic heterocycles. The van der Waals surface area contributed by atoms with E-state index in [1.54, 1.807) is 13.8 Å². The van der Waals surface area contributed by atoms with Gasteiger partial charge in [-0.2, -0.15) is 0 Å². The molecule has 98 valence electrons. The predicted molar refractivity (Wildman–Crippen MR) is 63.3 cm³/mol. The molecule has 6 nitrogen and oxygen atoms in total. The highest BCUT2D eigenvalue weighted by Crippen LogP contribution is 2.48. The van der Waals surface area contributed by atoms with Gasteiger partial charge in [0.2, 0.25) is 0 Å². The van der Waals surface area contributed by atoms with Crippen LogP contribution in [0.2, 0.25) is 0 Å². The van der Waals surface area contributed by atoms with Crippen molar-refractivity contribution in [2.75, 3.05) is 19.4 Å². The van der Waals surface area contributed by atoms with E-state index >= 15 is 0 Å². The molecule has 0 aromatic heterocycles. The van der Waals surface area contributed by atoms with Crippen molar-refractivity contribution in [3.05, 3.63) is 0 Å². The zero-order valence-corrected chi connectivity index (χ0v) is 11.2. The van der Waals surface area contributed by atoms with E-state index < -0.39 is 13.7 Å². The van der Waals surface area contributed by atoms with Crippen molar-refractivity contribution in [2.45, 2.75) is 33.3 Å². The van der Waals surface area contributed by atoms with Crippen LogP contribution in [0.25, 0.3) is 0 Å². The van der Waals surface area contributed by atoms with Crippen molar-refractivity contribution < 1.29 is 23.2 Å². The number of hydrogen-bond acceptors (Lipinski definition) is 6. The van der Waals surface area contributed by atoms with Crippen molar-refractivity contribution in [2.24, 2.45) is 5.16 Å². The summed E-state index contributed by atoms with van der Waals surface area (Å²) in [6.07, 6.45) is -0.112. The molecule has 0 aromatic rings. The Hall–Kier alpha value is -0.710. The third kappa shape index (κ3) is 4.22. The average molecular weight is 263 g/mol. The van der Waals surface area contributed by atoms with Gasteiger partial charge in [-0.3, -0.25) is 9.36 Å². The fourth-order valence-corrected chi connectivity index (χ4v) is 3.16. The molecule has 0 aromatic carbocycles. The molecule has 0 amide bonds. The second kappa shape index (κ2) is 6.28. The van der Waals surface area contributed by atoms with Gasteiger partial charge in [0.15, 0.2) is 11.9 Å². The number of ketones is 1. The van der Waals surface area contributed by atoms with Gasteiger partial charge in [-0.25, -0.2) is 0 Å². The Kier molecular flexibility index (Phi) is 5.31. The summed E-state index contributed by atoms with van der Waals surface area (Å²) in [5.41, 5.74) is 0.551. The largest absolute Gasteiger partial charge is 0.384 e. The summed E-state index contributed by atoms with van der Waals surface area (Å²) in [5.74, 6) is -0.0913. The van der Waals surface area contributed by atoms with Crippen LogP contribution in [0.5, 0.6) is 0 Å². The molecular weight excluding hydrogens is 245 g/mol. The Morgan fingerprint density at radius 3 is 2.47 bits per heavy atom. The molecule has 7 heteroatoms. The van der Waals surface area contributed by atoms with Crippen molar-refractivity contribution in [3.8, 4) is 0 Å². The first kappa shape index (κ1) is 14.4. The molecule has 0 bridgehead atoms. The lowest BCUT2D eigenvalue weighted by Crippen LogP contribution is -2.18. The second-order valence-electron chi connectivity index (χ2n) is 3.67. The fourth-order valence-electron chi connectivity index (χ4n) is 1.48. The van der Waals surface area contributed by atoms with Gasteiger partial charge in [-0.15, -0.1) is 0 Å². The minimum Gasteiger partial charge on any atom is -0.384 e. The van der Waals surface area contributed by atoms with Gasteiger partial charge in [0.1, 0.15) is 0 Å². The Balaban J connectivity index is 2.58. The maximum atomic E-state index is 12.2. The quantitative estimate of drug-likeness (QED) is 0.656. The Labute approximate surface area is 101 Å². The lowest BCUT2D eigenvalue weighted by Gasteiger charge is -2.16. The zero-order valence-electron chi connectivity index (χ0n) is 10.3. The minimum absolute atomic E-state index is 0.0818. The lowest BCUT2D eigenvalue weighted by molar-refractivity contribution is -0.126. The van der Waals surface area contributed by atoms with E-state index in [1.165, 1.54) is 6.92 Å². The summed E-state index contributed by atoms with van der Waals surface area (Å²) in [6.45, 7) is 5.55. The van der Waals surface area contributed by atoms with Gasteiger partial charge >= 0.3 is 7.60 Å². The molecule has 0 N–H and O–H groups in total. The van der Waals surface area contributed by atoms with Gasteiger partial charge in [-0.05, 0) is 20.8 Å². The SMILES string of the molecule is CCOP(=O)(CC1=NOC(C(C)=O)C1)OCC. The average Bonchev–Trinajstić information content (AvgIpc) is 2.66. The summed E-state index contributed by atoms with van der Waals surface area (Å²) in [5, 5.41) is 3.75. The van der Waals surface area contributed by atoms with Gasteiger partial charge in [0, 0.05) is 6.42 Å². The Morgan fingerprint density at radius 1 is 1.47 bits per heavy atom. The number of nitrogens with zero attached hydrogens (tertiary/aromatic N) is 1. The number of oxime groups is 1. The molecule has 0 saturated carbocycles. The molecule has 0 saturated heterocycles. The maximum absolute atomic E-state index is 12.2. The number of hydrogen-bond donors (Lipinski definition) is 0. The van der Waals surface area contributed by atoms with Crippen molar-refractivity contribution >= 4 is 19.1 Å². The van der Waals surface area contributed by atoms with Crippen LogP contribution in [0.3, 0.4) is 0 Å². The second-order valence-corrected chi connectivity index (χ2v) is 5.73. The Morgan fingerprint density at radius 2 is 2.06 bits per heavy atom. The summed E-state index contributed by atoms with van der Waals surface area (Å²) >= 11 is 0. The highest BCUT2D eigenvalue weighted by atomic mass is 31.2. The van der Waals surface area contributed by atoms with E-state index in [4.69, 9.17) is 13.9 Å². The normalized spacial score (nSPS) is 19.9. The van der Waals surface area contributed by atoms with Crippen molar-refractivity contribution in [1.82, 2.24) is 0 Å². The zero-order chi connectivity index (χ0) is 12.9. The van der Waals surface area contributed by atoms with Gasteiger partial charge in [0.05, 0.1) is 25.1 Å². The third-order valence-electron chi connectivity index (χ3n) is 2.21. The van der Waals surface area contributed by atoms with E-state index in [0.717, 1.165) is 0 Å². The molecule has 1 heterocycles. The molecule has 17 heavy (non-hydrogen) atoms. The summed E-state index contributed by atoms with van der Waals surface area (Å²) in [4.78, 5) is 16.0. The first-order chi connectivity index (χ1) is 8.00. The molecule has 0 fully saturated rings. The van der Waals surface area contributed by atoms with Gasteiger partial charge in [0.25, 0.3) is 0 Å². The van der Waals surface area contributed by atoms with Gasteiger partial charge in [-0.1, -0.05) is 5.16 Å². The topological polar surface area (TPSA) is 74.2 Å². The van der Waals surface area contributed by atoms with Crippen LogP contribution in [0.4, 0.5) is 0 Å². The van der Waals surface area contributed by atoms with Crippen LogP contribution in [0.15, 0.2) is 5.16 Å². The Bertz CT molecular complexity index is 345.